The van der Waals surface area contributed by atoms with Crippen LogP contribution in [-0.4, -0.2) is 46.4 Å². The molecule has 1 fully saturated rings. The van der Waals surface area contributed by atoms with Gasteiger partial charge in [-0.1, -0.05) is 0 Å². The Morgan fingerprint density at radius 3 is 2.95 bits per heavy atom. The Morgan fingerprint density at radius 2 is 2.33 bits per heavy atom. The van der Waals surface area contributed by atoms with Crippen molar-refractivity contribution in [2.75, 3.05) is 29.9 Å². The number of nitro benzene ring substituents is 1. The molecule has 1 heterocycles. The minimum absolute atomic E-state index is 0.0960. The van der Waals surface area contributed by atoms with Crippen LogP contribution in [0.1, 0.15) is 24.2 Å². The van der Waals surface area contributed by atoms with Crippen molar-refractivity contribution in [3.05, 3.63) is 33.9 Å². The average Bonchev–Trinajstić information content (AvgIpc) is 2.47. The predicted molar refractivity (Wildman–Crippen MR) is 85.1 cm³/mol. The first-order chi connectivity index (χ1) is 10.0. The largest absolute Gasteiger partial charge is 0.385 e. The van der Waals surface area contributed by atoms with Gasteiger partial charge in [-0.15, -0.1) is 0 Å². The lowest BCUT2D eigenvalue weighted by Crippen LogP contribution is -2.44. The molecule has 7 heteroatoms. The van der Waals surface area contributed by atoms with Crippen LogP contribution >= 0.6 is 11.8 Å². The molecule has 2 rings (SSSR count). The Balaban J connectivity index is 2.36. The number of hydrogen-bond acceptors (Lipinski definition) is 5. The third kappa shape index (κ3) is 3.47. The summed E-state index contributed by atoms with van der Waals surface area (Å²) in [7, 11) is 0. The van der Waals surface area contributed by atoms with Gasteiger partial charge in [-0.2, -0.15) is 11.8 Å². The van der Waals surface area contributed by atoms with E-state index in [0.717, 1.165) is 17.2 Å². The van der Waals surface area contributed by atoms with Gasteiger partial charge in [0.05, 0.1) is 4.92 Å². The first kappa shape index (κ1) is 15.6. The summed E-state index contributed by atoms with van der Waals surface area (Å²) in [6.45, 7) is 5.24. The molecule has 0 bridgehead atoms. The number of hydrogen-bond donors (Lipinski definition) is 1. The summed E-state index contributed by atoms with van der Waals surface area (Å²) >= 11 is 1.80. The van der Waals surface area contributed by atoms with Gasteiger partial charge in [-0.3, -0.25) is 14.9 Å². The first-order valence-electron chi connectivity index (χ1n) is 6.95. The fourth-order valence-corrected chi connectivity index (χ4v) is 3.38. The Hall–Kier alpha value is -1.76. The number of nitrogens with one attached hydrogen (secondary N) is 1. The lowest BCUT2D eigenvalue weighted by molar-refractivity contribution is -0.385. The van der Waals surface area contributed by atoms with Crippen molar-refractivity contribution < 1.29 is 9.72 Å². The lowest BCUT2D eigenvalue weighted by atomic mass is 10.1. The number of benzene rings is 1. The molecule has 1 aromatic rings. The normalized spacial score (nSPS) is 18.4. The number of amides is 1. The highest BCUT2D eigenvalue weighted by atomic mass is 32.2. The van der Waals surface area contributed by atoms with Gasteiger partial charge in [0.15, 0.2) is 0 Å². The second kappa shape index (κ2) is 6.80. The zero-order valence-corrected chi connectivity index (χ0v) is 13.0. The predicted octanol–water partition coefficient (Wildman–Crippen LogP) is 2.60. The van der Waals surface area contributed by atoms with E-state index in [1.807, 2.05) is 13.8 Å². The third-order valence-corrected chi connectivity index (χ3v) is 4.62. The van der Waals surface area contributed by atoms with E-state index < -0.39 is 4.92 Å². The minimum atomic E-state index is -0.494. The van der Waals surface area contributed by atoms with Crippen molar-refractivity contribution in [1.82, 2.24) is 4.90 Å². The molecular weight excluding hydrogens is 290 g/mol. The van der Waals surface area contributed by atoms with Crippen molar-refractivity contribution in [2.45, 2.75) is 19.9 Å². The van der Waals surface area contributed by atoms with Gasteiger partial charge in [0.25, 0.3) is 11.6 Å². The van der Waals surface area contributed by atoms with Crippen molar-refractivity contribution >= 4 is 29.0 Å². The van der Waals surface area contributed by atoms with Crippen LogP contribution in [0.5, 0.6) is 0 Å². The van der Waals surface area contributed by atoms with Gasteiger partial charge >= 0.3 is 0 Å². The number of carbonyl (C=O) groups excluding carboxylic acids is 1. The van der Waals surface area contributed by atoms with Crippen LogP contribution in [0.15, 0.2) is 18.2 Å². The maximum atomic E-state index is 12.7. The number of nitrogens with zero attached hydrogens (tertiary/aromatic N) is 2. The molecule has 1 N–H and O–H groups in total. The standard InChI is InChI=1S/C14H19N3O3S/c1-3-15-11-4-5-13(17(19)20)12(8-11)14(18)16-6-7-21-9-10(16)2/h4-5,8,10,15H,3,6-7,9H2,1-2H3. The quantitative estimate of drug-likeness (QED) is 0.683. The average molecular weight is 309 g/mol. The van der Waals surface area contributed by atoms with E-state index in [1.165, 1.54) is 6.07 Å². The number of thioether (sulfide) groups is 1. The van der Waals surface area contributed by atoms with E-state index in [-0.39, 0.29) is 23.2 Å². The van der Waals surface area contributed by atoms with Gasteiger partial charge in [0.1, 0.15) is 5.56 Å². The molecule has 0 radical (unpaired) electrons. The molecule has 1 aliphatic rings. The van der Waals surface area contributed by atoms with E-state index in [1.54, 1.807) is 28.8 Å². The molecule has 21 heavy (non-hydrogen) atoms. The van der Waals surface area contributed by atoms with Gasteiger partial charge in [-0.25, -0.2) is 0 Å². The second-order valence-corrected chi connectivity index (χ2v) is 6.09. The highest BCUT2D eigenvalue weighted by Gasteiger charge is 2.29. The van der Waals surface area contributed by atoms with Crippen LogP contribution in [-0.2, 0) is 0 Å². The van der Waals surface area contributed by atoms with E-state index in [4.69, 9.17) is 0 Å². The van der Waals surface area contributed by atoms with Crippen LogP contribution in [0.3, 0.4) is 0 Å². The monoisotopic (exact) mass is 309 g/mol. The van der Waals surface area contributed by atoms with Crippen molar-refractivity contribution in [1.29, 1.82) is 0 Å². The first-order valence-corrected chi connectivity index (χ1v) is 8.11. The van der Waals surface area contributed by atoms with Crippen molar-refractivity contribution in [3.63, 3.8) is 0 Å². The molecule has 1 amide bonds. The van der Waals surface area contributed by atoms with Gasteiger partial charge in [0, 0.05) is 42.4 Å². The summed E-state index contributed by atoms with van der Waals surface area (Å²) in [6.07, 6.45) is 0. The van der Waals surface area contributed by atoms with Crippen LogP contribution in [0, 0.1) is 10.1 Å². The van der Waals surface area contributed by atoms with E-state index in [9.17, 15) is 14.9 Å². The van der Waals surface area contributed by atoms with Gasteiger partial charge in [-0.05, 0) is 26.0 Å². The van der Waals surface area contributed by atoms with E-state index in [2.05, 4.69) is 5.32 Å². The molecule has 1 aliphatic heterocycles. The molecule has 1 unspecified atom stereocenters. The molecular formula is C14H19N3O3S. The number of rotatable bonds is 4. The molecule has 0 aliphatic carbocycles. The topological polar surface area (TPSA) is 75.5 Å². The third-order valence-electron chi connectivity index (χ3n) is 3.43. The second-order valence-electron chi connectivity index (χ2n) is 4.94. The molecule has 1 aromatic carbocycles. The van der Waals surface area contributed by atoms with Crippen molar-refractivity contribution in [2.24, 2.45) is 0 Å². The van der Waals surface area contributed by atoms with E-state index >= 15 is 0 Å². The number of nitro groups is 1. The number of anilines is 1. The van der Waals surface area contributed by atoms with Crippen LogP contribution in [0.25, 0.3) is 0 Å². The molecule has 1 atom stereocenters. The summed E-state index contributed by atoms with van der Waals surface area (Å²) < 4.78 is 0. The summed E-state index contributed by atoms with van der Waals surface area (Å²) in [5.41, 5.74) is 0.759. The van der Waals surface area contributed by atoms with Crippen LogP contribution in [0.4, 0.5) is 11.4 Å². The van der Waals surface area contributed by atoms with Gasteiger partial charge < -0.3 is 10.2 Å². The minimum Gasteiger partial charge on any atom is -0.385 e. The van der Waals surface area contributed by atoms with Crippen LogP contribution < -0.4 is 5.32 Å². The molecule has 114 valence electrons. The molecule has 1 saturated heterocycles. The van der Waals surface area contributed by atoms with Crippen LogP contribution in [0.2, 0.25) is 0 Å². The maximum Gasteiger partial charge on any atom is 0.282 e. The number of carbonyl (C=O) groups is 1. The molecule has 6 nitrogen and oxygen atoms in total. The molecule has 0 aromatic heterocycles. The Morgan fingerprint density at radius 1 is 1.57 bits per heavy atom. The highest BCUT2D eigenvalue weighted by molar-refractivity contribution is 7.99. The Bertz CT molecular complexity index is 550. The highest BCUT2D eigenvalue weighted by Crippen LogP contribution is 2.26. The van der Waals surface area contributed by atoms with Gasteiger partial charge in [0.2, 0.25) is 0 Å². The summed E-state index contributed by atoms with van der Waals surface area (Å²) in [5, 5.41) is 14.3. The zero-order valence-electron chi connectivity index (χ0n) is 12.2. The Labute approximate surface area is 128 Å². The lowest BCUT2D eigenvalue weighted by Gasteiger charge is -2.33. The zero-order chi connectivity index (χ0) is 15.4. The van der Waals surface area contributed by atoms with E-state index in [0.29, 0.717) is 13.1 Å². The maximum absolute atomic E-state index is 12.7. The summed E-state index contributed by atoms with van der Waals surface area (Å²) in [6, 6.07) is 4.71. The smallest absolute Gasteiger partial charge is 0.282 e. The fourth-order valence-electron chi connectivity index (χ4n) is 2.36. The summed E-state index contributed by atoms with van der Waals surface area (Å²) in [4.78, 5) is 25.1. The summed E-state index contributed by atoms with van der Waals surface area (Å²) in [5.74, 6) is 1.48. The fraction of sp³-hybridized carbons (Fsp3) is 0.500. The SMILES string of the molecule is CCNc1ccc([N+](=O)[O-])c(C(=O)N2CCSCC2C)c1. The molecule has 0 saturated carbocycles. The Kier molecular flexibility index (Phi) is 5.06. The van der Waals surface area contributed by atoms with Crippen molar-refractivity contribution in [3.8, 4) is 0 Å². The molecule has 0 spiro atoms.